The molecule has 0 fully saturated rings. The largest absolute Gasteiger partial charge is 0.374 e. The highest BCUT2D eigenvalue weighted by molar-refractivity contribution is 6.31. The summed E-state index contributed by atoms with van der Waals surface area (Å²) in [6.45, 7) is 11.8. The van der Waals surface area contributed by atoms with Crippen LogP contribution in [0.4, 0.5) is 0 Å². The molecule has 1 unspecified atom stereocenters. The minimum absolute atomic E-state index is 0.186. The van der Waals surface area contributed by atoms with Crippen LogP contribution in [-0.2, 0) is 17.7 Å². The van der Waals surface area contributed by atoms with Gasteiger partial charge in [-0.05, 0) is 41.7 Å². The van der Waals surface area contributed by atoms with Crippen LogP contribution < -0.4 is 5.32 Å². The van der Waals surface area contributed by atoms with Gasteiger partial charge in [-0.3, -0.25) is 4.68 Å². The van der Waals surface area contributed by atoms with Crippen molar-refractivity contribution in [1.29, 1.82) is 0 Å². The van der Waals surface area contributed by atoms with Crippen molar-refractivity contribution in [2.24, 2.45) is 0 Å². The van der Waals surface area contributed by atoms with E-state index in [1.54, 1.807) is 0 Å². The maximum absolute atomic E-state index is 6.37. The van der Waals surface area contributed by atoms with Crippen molar-refractivity contribution in [1.82, 2.24) is 15.1 Å². The SMILES string of the molecule is CCOC(C)(C)C(Cc1c(Cl)c(C)nn1CC)NC. The van der Waals surface area contributed by atoms with E-state index >= 15 is 0 Å². The van der Waals surface area contributed by atoms with Crippen molar-refractivity contribution >= 4 is 11.6 Å². The van der Waals surface area contributed by atoms with E-state index in [0.29, 0.717) is 6.61 Å². The molecule has 110 valence electrons. The molecule has 0 aromatic carbocycles. The Morgan fingerprint density at radius 1 is 1.42 bits per heavy atom. The van der Waals surface area contributed by atoms with Gasteiger partial charge in [-0.2, -0.15) is 5.10 Å². The molecule has 5 heteroatoms. The molecule has 0 saturated heterocycles. The fraction of sp³-hybridized carbons (Fsp3) is 0.786. The van der Waals surface area contributed by atoms with E-state index in [1.807, 2.05) is 25.6 Å². The van der Waals surface area contributed by atoms with E-state index in [1.165, 1.54) is 0 Å². The predicted octanol–water partition coefficient (Wildman–Crippen LogP) is 2.81. The number of hydrogen-bond acceptors (Lipinski definition) is 3. The number of aromatic nitrogens is 2. The number of nitrogens with one attached hydrogen (secondary N) is 1. The van der Waals surface area contributed by atoms with Crippen LogP contribution in [0, 0.1) is 6.92 Å². The molecule has 0 saturated carbocycles. The fourth-order valence-electron chi connectivity index (χ4n) is 2.43. The highest BCUT2D eigenvalue weighted by Gasteiger charge is 2.31. The molecule has 0 aliphatic carbocycles. The van der Waals surface area contributed by atoms with Gasteiger partial charge < -0.3 is 10.1 Å². The molecule has 0 aliphatic rings. The normalized spacial score (nSPS) is 13.8. The van der Waals surface area contributed by atoms with E-state index in [9.17, 15) is 0 Å². The molecule has 4 nitrogen and oxygen atoms in total. The highest BCUT2D eigenvalue weighted by Crippen LogP contribution is 2.25. The maximum atomic E-state index is 6.37. The van der Waals surface area contributed by atoms with Crippen LogP contribution in [0.2, 0.25) is 5.02 Å². The van der Waals surface area contributed by atoms with Crippen molar-refractivity contribution in [3.63, 3.8) is 0 Å². The number of aryl methyl sites for hydroxylation is 2. The molecule has 1 aromatic rings. The van der Waals surface area contributed by atoms with Gasteiger partial charge in [-0.1, -0.05) is 11.6 Å². The van der Waals surface area contributed by atoms with Crippen molar-refractivity contribution in [2.45, 2.75) is 59.2 Å². The summed E-state index contributed by atoms with van der Waals surface area (Å²) < 4.78 is 7.82. The second-order valence-corrected chi connectivity index (χ2v) is 5.62. The van der Waals surface area contributed by atoms with Gasteiger partial charge in [0.25, 0.3) is 0 Å². The molecular formula is C14H26ClN3O. The van der Waals surface area contributed by atoms with Crippen LogP contribution >= 0.6 is 11.6 Å². The van der Waals surface area contributed by atoms with E-state index in [0.717, 1.165) is 29.4 Å². The molecule has 0 aliphatic heterocycles. The van der Waals surface area contributed by atoms with Crippen LogP contribution in [0.15, 0.2) is 0 Å². The topological polar surface area (TPSA) is 39.1 Å². The molecular weight excluding hydrogens is 262 g/mol. The van der Waals surface area contributed by atoms with Crippen molar-refractivity contribution in [3.05, 3.63) is 16.4 Å². The number of likely N-dealkylation sites (N-methyl/N-ethyl adjacent to an activating group) is 1. The third-order valence-electron chi connectivity index (χ3n) is 3.55. The first-order chi connectivity index (χ1) is 8.87. The van der Waals surface area contributed by atoms with Crippen molar-refractivity contribution in [2.75, 3.05) is 13.7 Å². The molecule has 1 rings (SSSR count). The Balaban J connectivity index is 2.99. The summed E-state index contributed by atoms with van der Waals surface area (Å²) in [5.74, 6) is 0. The first-order valence-corrected chi connectivity index (χ1v) is 7.28. The second-order valence-electron chi connectivity index (χ2n) is 5.24. The van der Waals surface area contributed by atoms with Gasteiger partial charge in [-0.25, -0.2) is 0 Å². The first-order valence-electron chi connectivity index (χ1n) is 6.90. The fourth-order valence-corrected chi connectivity index (χ4v) is 2.64. The van der Waals surface area contributed by atoms with Crippen LogP contribution in [0.5, 0.6) is 0 Å². The lowest BCUT2D eigenvalue weighted by atomic mass is 9.94. The lowest BCUT2D eigenvalue weighted by Crippen LogP contribution is -2.49. The Morgan fingerprint density at radius 3 is 2.53 bits per heavy atom. The van der Waals surface area contributed by atoms with Gasteiger partial charge in [0.1, 0.15) is 0 Å². The average molecular weight is 288 g/mol. The second kappa shape index (κ2) is 6.73. The molecule has 1 aromatic heterocycles. The number of hydrogen-bond donors (Lipinski definition) is 1. The summed E-state index contributed by atoms with van der Waals surface area (Å²) in [6.07, 6.45) is 0.803. The number of rotatable bonds is 7. The molecule has 1 N–H and O–H groups in total. The van der Waals surface area contributed by atoms with E-state index in [2.05, 4.69) is 31.2 Å². The van der Waals surface area contributed by atoms with Crippen LogP contribution in [0.3, 0.4) is 0 Å². The summed E-state index contributed by atoms with van der Waals surface area (Å²) in [5, 5.41) is 8.57. The molecule has 0 amide bonds. The monoisotopic (exact) mass is 287 g/mol. The van der Waals surface area contributed by atoms with Crippen molar-refractivity contribution in [3.8, 4) is 0 Å². The Labute approximate surface area is 121 Å². The zero-order chi connectivity index (χ0) is 14.6. The lowest BCUT2D eigenvalue weighted by Gasteiger charge is -2.34. The zero-order valence-corrected chi connectivity index (χ0v) is 13.6. The Hall–Kier alpha value is -0.580. The van der Waals surface area contributed by atoms with Gasteiger partial charge in [0.15, 0.2) is 0 Å². The summed E-state index contributed by atoms with van der Waals surface area (Å²) in [5.41, 5.74) is 1.72. The van der Waals surface area contributed by atoms with Crippen molar-refractivity contribution < 1.29 is 4.74 Å². The van der Waals surface area contributed by atoms with E-state index in [-0.39, 0.29) is 11.6 Å². The third kappa shape index (κ3) is 3.71. The number of nitrogens with zero attached hydrogens (tertiary/aromatic N) is 2. The van der Waals surface area contributed by atoms with E-state index in [4.69, 9.17) is 16.3 Å². The van der Waals surface area contributed by atoms with Crippen LogP contribution in [0.25, 0.3) is 0 Å². The summed E-state index contributed by atoms with van der Waals surface area (Å²) in [6, 6.07) is 0.186. The quantitative estimate of drug-likeness (QED) is 0.838. The minimum atomic E-state index is -0.246. The highest BCUT2D eigenvalue weighted by atomic mass is 35.5. The van der Waals surface area contributed by atoms with Gasteiger partial charge in [-0.15, -0.1) is 0 Å². The van der Waals surface area contributed by atoms with Gasteiger partial charge >= 0.3 is 0 Å². The molecule has 1 heterocycles. The van der Waals surface area contributed by atoms with Crippen LogP contribution in [-0.4, -0.2) is 35.1 Å². The smallest absolute Gasteiger partial charge is 0.0847 e. The van der Waals surface area contributed by atoms with E-state index < -0.39 is 0 Å². The summed E-state index contributed by atoms with van der Waals surface area (Å²) in [7, 11) is 1.96. The standard InChI is InChI=1S/C14H26ClN3O/c1-7-18-11(13(15)10(3)17-18)9-12(16-6)14(4,5)19-8-2/h12,16H,7-9H2,1-6H3. The Morgan fingerprint density at radius 2 is 2.05 bits per heavy atom. The average Bonchev–Trinajstić information content (AvgIpc) is 2.62. The van der Waals surface area contributed by atoms with Gasteiger partial charge in [0.2, 0.25) is 0 Å². The number of ether oxygens (including phenoxy) is 1. The Bertz CT molecular complexity index is 415. The minimum Gasteiger partial charge on any atom is -0.374 e. The Kier molecular flexibility index (Phi) is 5.83. The lowest BCUT2D eigenvalue weighted by molar-refractivity contribution is -0.0367. The maximum Gasteiger partial charge on any atom is 0.0847 e. The summed E-state index contributed by atoms with van der Waals surface area (Å²) in [4.78, 5) is 0. The first kappa shape index (κ1) is 16.5. The van der Waals surface area contributed by atoms with Gasteiger partial charge in [0, 0.05) is 25.6 Å². The molecule has 0 spiro atoms. The summed E-state index contributed by atoms with van der Waals surface area (Å²) >= 11 is 6.37. The molecule has 1 atom stereocenters. The molecule has 0 radical (unpaired) electrons. The van der Waals surface area contributed by atoms with Crippen LogP contribution in [0.1, 0.15) is 39.1 Å². The van der Waals surface area contributed by atoms with Gasteiger partial charge in [0.05, 0.1) is 22.0 Å². The molecule has 19 heavy (non-hydrogen) atoms. The third-order valence-corrected chi connectivity index (χ3v) is 4.05. The predicted molar refractivity (Wildman–Crippen MR) is 79.9 cm³/mol. The molecule has 0 bridgehead atoms. The zero-order valence-electron chi connectivity index (χ0n) is 12.9. The number of halogens is 1.